The lowest BCUT2D eigenvalue weighted by atomic mass is 9.94. The molecule has 0 amide bonds. The fourth-order valence-corrected chi connectivity index (χ4v) is 3.10. The molecule has 0 aliphatic heterocycles. The fourth-order valence-electron chi connectivity index (χ4n) is 2.40. The highest BCUT2D eigenvalue weighted by atomic mass is 32.1. The Balaban J connectivity index is 1.90. The van der Waals surface area contributed by atoms with Crippen molar-refractivity contribution in [1.29, 1.82) is 0 Å². The molecule has 1 aliphatic rings. The summed E-state index contributed by atoms with van der Waals surface area (Å²) in [6.45, 7) is 0.547. The summed E-state index contributed by atoms with van der Waals surface area (Å²) in [5, 5.41) is 4.19. The molecule has 1 aliphatic carbocycles. The molecule has 17 heavy (non-hydrogen) atoms. The first-order chi connectivity index (χ1) is 8.33. The van der Waals surface area contributed by atoms with Gasteiger partial charge in [-0.05, 0) is 48.1 Å². The second-order valence-electron chi connectivity index (χ2n) is 4.56. The maximum atomic E-state index is 6.12. The minimum atomic E-state index is 0.0434. The van der Waals surface area contributed by atoms with Crippen LogP contribution in [0.25, 0.3) is 0 Å². The normalized spacial score (nSPS) is 26.9. The van der Waals surface area contributed by atoms with E-state index in [1.54, 1.807) is 18.4 Å². The number of hydrogen-bond acceptors (Lipinski definition) is 4. The SMILES string of the molecule is COC1CCCC(OC(CN)c2ccsc2)C1. The van der Waals surface area contributed by atoms with Crippen LogP contribution in [0.2, 0.25) is 0 Å². The molecule has 0 bridgehead atoms. The summed E-state index contributed by atoms with van der Waals surface area (Å²) in [7, 11) is 1.78. The minimum absolute atomic E-state index is 0.0434. The zero-order chi connectivity index (χ0) is 12.1. The summed E-state index contributed by atoms with van der Waals surface area (Å²) in [5.41, 5.74) is 7.00. The largest absolute Gasteiger partial charge is 0.381 e. The summed E-state index contributed by atoms with van der Waals surface area (Å²) in [6.07, 6.45) is 5.16. The van der Waals surface area contributed by atoms with Gasteiger partial charge in [-0.1, -0.05) is 0 Å². The van der Waals surface area contributed by atoms with Crippen LogP contribution in [0.1, 0.15) is 37.4 Å². The molecule has 0 saturated heterocycles. The third kappa shape index (κ3) is 3.52. The van der Waals surface area contributed by atoms with Gasteiger partial charge < -0.3 is 15.2 Å². The number of methoxy groups -OCH3 is 1. The van der Waals surface area contributed by atoms with Crippen LogP contribution in [0.4, 0.5) is 0 Å². The molecule has 96 valence electrons. The van der Waals surface area contributed by atoms with E-state index in [1.807, 2.05) is 0 Å². The van der Waals surface area contributed by atoms with Gasteiger partial charge >= 0.3 is 0 Å². The van der Waals surface area contributed by atoms with E-state index in [0.29, 0.717) is 18.8 Å². The number of thiophene rings is 1. The summed E-state index contributed by atoms with van der Waals surface area (Å²) in [5.74, 6) is 0. The molecule has 0 aromatic carbocycles. The standard InChI is InChI=1S/C13H21NO2S/c1-15-11-3-2-4-12(7-11)16-13(8-14)10-5-6-17-9-10/h5-6,9,11-13H,2-4,7-8,14H2,1H3. The van der Waals surface area contributed by atoms with Crippen LogP contribution in [-0.2, 0) is 9.47 Å². The van der Waals surface area contributed by atoms with Gasteiger partial charge in [0.25, 0.3) is 0 Å². The van der Waals surface area contributed by atoms with Crippen molar-refractivity contribution in [2.45, 2.75) is 44.0 Å². The van der Waals surface area contributed by atoms with E-state index in [1.165, 1.54) is 12.0 Å². The lowest BCUT2D eigenvalue weighted by Crippen LogP contribution is -2.30. The van der Waals surface area contributed by atoms with E-state index in [9.17, 15) is 0 Å². The summed E-state index contributed by atoms with van der Waals surface area (Å²) in [4.78, 5) is 0. The predicted molar refractivity (Wildman–Crippen MR) is 70.3 cm³/mol. The molecule has 1 fully saturated rings. The maximum Gasteiger partial charge on any atom is 0.0958 e. The van der Waals surface area contributed by atoms with Crippen LogP contribution >= 0.6 is 11.3 Å². The Bertz CT molecular complexity index is 315. The Morgan fingerprint density at radius 3 is 2.94 bits per heavy atom. The van der Waals surface area contributed by atoms with Crippen LogP contribution in [0.5, 0.6) is 0 Å². The molecule has 0 spiro atoms. The van der Waals surface area contributed by atoms with Crippen molar-refractivity contribution in [3.63, 3.8) is 0 Å². The Kier molecular flexibility index (Phi) is 4.98. The molecule has 0 radical (unpaired) electrons. The molecular weight excluding hydrogens is 234 g/mol. The summed E-state index contributed by atoms with van der Waals surface area (Å²) >= 11 is 1.69. The molecule has 3 nitrogen and oxygen atoms in total. The summed E-state index contributed by atoms with van der Waals surface area (Å²) in [6, 6.07) is 2.10. The lowest BCUT2D eigenvalue weighted by Gasteiger charge is -2.31. The van der Waals surface area contributed by atoms with Gasteiger partial charge in [0.1, 0.15) is 0 Å². The van der Waals surface area contributed by atoms with Gasteiger partial charge in [-0.15, -0.1) is 0 Å². The fraction of sp³-hybridized carbons (Fsp3) is 0.692. The average molecular weight is 255 g/mol. The van der Waals surface area contributed by atoms with Gasteiger partial charge in [0, 0.05) is 13.7 Å². The number of rotatable bonds is 5. The highest BCUT2D eigenvalue weighted by Gasteiger charge is 2.25. The summed E-state index contributed by atoms with van der Waals surface area (Å²) < 4.78 is 11.5. The minimum Gasteiger partial charge on any atom is -0.381 e. The van der Waals surface area contributed by atoms with Gasteiger partial charge in [-0.25, -0.2) is 0 Å². The first kappa shape index (κ1) is 13.0. The van der Waals surface area contributed by atoms with E-state index >= 15 is 0 Å². The van der Waals surface area contributed by atoms with Gasteiger partial charge in [-0.3, -0.25) is 0 Å². The van der Waals surface area contributed by atoms with Crippen LogP contribution in [0.3, 0.4) is 0 Å². The highest BCUT2D eigenvalue weighted by molar-refractivity contribution is 7.07. The Hall–Kier alpha value is -0.420. The predicted octanol–water partition coefficient (Wildman–Crippen LogP) is 2.72. The van der Waals surface area contributed by atoms with E-state index < -0.39 is 0 Å². The van der Waals surface area contributed by atoms with Gasteiger partial charge in [0.05, 0.1) is 18.3 Å². The second kappa shape index (κ2) is 6.50. The van der Waals surface area contributed by atoms with Crippen molar-refractivity contribution in [3.8, 4) is 0 Å². The second-order valence-corrected chi connectivity index (χ2v) is 5.34. The van der Waals surface area contributed by atoms with Crippen LogP contribution in [-0.4, -0.2) is 25.9 Å². The highest BCUT2D eigenvalue weighted by Crippen LogP contribution is 2.28. The quantitative estimate of drug-likeness (QED) is 0.880. The van der Waals surface area contributed by atoms with Crippen molar-refractivity contribution in [2.24, 2.45) is 5.73 Å². The maximum absolute atomic E-state index is 6.12. The number of ether oxygens (including phenoxy) is 2. The van der Waals surface area contributed by atoms with Crippen LogP contribution < -0.4 is 5.73 Å². The third-order valence-corrected chi connectivity index (χ3v) is 4.10. The third-order valence-electron chi connectivity index (χ3n) is 3.40. The first-order valence-corrected chi connectivity index (χ1v) is 7.18. The van der Waals surface area contributed by atoms with E-state index in [-0.39, 0.29) is 6.10 Å². The Morgan fingerprint density at radius 1 is 1.47 bits per heavy atom. The van der Waals surface area contributed by atoms with Gasteiger partial charge in [0.15, 0.2) is 0 Å². The van der Waals surface area contributed by atoms with Crippen molar-refractivity contribution >= 4 is 11.3 Å². The molecule has 2 rings (SSSR count). The molecule has 4 heteroatoms. The van der Waals surface area contributed by atoms with Gasteiger partial charge in [-0.2, -0.15) is 11.3 Å². The Labute approximate surface area is 107 Å². The molecule has 1 heterocycles. The topological polar surface area (TPSA) is 44.5 Å². The molecule has 1 saturated carbocycles. The molecule has 2 N–H and O–H groups in total. The van der Waals surface area contributed by atoms with Crippen molar-refractivity contribution in [3.05, 3.63) is 22.4 Å². The van der Waals surface area contributed by atoms with E-state index in [4.69, 9.17) is 15.2 Å². The Morgan fingerprint density at radius 2 is 2.29 bits per heavy atom. The number of hydrogen-bond donors (Lipinski definition) is 1. The van der Waals surface area contributed by atoms with E-state index in [2.05, 4.69) is 16.8 Å². The lowest BCUT2D eigenvalue weighted by molar-refractivity contribution is -0.0631. The number of nitrogens with two attached hydrogens (primary N) is 1. The molecule has 3 atom stereocenters. The first-order valence-electron chi connectivity index (χ1n) is 6.24. The molecular formula is C13H21NO2S. The van der Waals surface area contributed by atoms with Crippen LogP contribution in [0, 0.1) is 0 Å². The smallest absolute Gasteiger partial charge is 0.0958 e. The van der Waals surface area contributed by atoms with Crippen molar-refractivity contribution in [1.82, 2.24) is 0 Å². The van der Waals surface area contributed by atoms with Crippen molar-refractivity contribution in [2.75, 3.05) is 13.7 Å². The van der Waals surface area contributed by atoms with Gasteiger partial charge in [0.2, 0.25) is 0 Å². The monoisotopic (exact) mass is 255 g/mol. The molecule has 3 unspecified atom stereocenters. The zero-order valence-corrected chi connectivity index (χ0v) is 11.1. The van der Waals surface area contributed by atoms with E-state index in [0.717, 1.165) is 19.3 Å². The zero-order valence-electron chi connectivity index (χ0n) is 10.3. The van der Waals surface area contributed by atoms with Crippen molar-refractivity contribution < 1.29 is 9.47 Å². The van der Waals surface area contributed by atoms with Crippen LogP contribution in [0.15, 0.2) is 16.8 Å². The average Bonchev–Trinajstić information content (AvgIpc) is 2.90. The molecule has 1 aromatic rings. The molecule has 1 aromatic heterocycles.